The Morgan fingerprint density at radius 1 is 1.25 bits per heavy atom. The van der Waals surface area contributed by atoms with E-state index in [-0.39, 0.29) is 0 Å². The van der Waals surface area contributed by atoms with Gasteiger partial charge in [0, 0.05) is 34.3 Å². The van der Waals surface area contributed by atoms with Gasteiger partial charge in [-0.25, -0.2) is 0 Å². The van der Waals surface area contributed by atoms with Crippen molar-refractivity contribution in [2.45, 2.75) is 45.4 Å². The molecule has 2 aromatic rings. The molecular weight excluding hydrogens is 268 g/mol. The van der Waals surface area contributed by atoms with Gasteiger partial charge in [0.15, 0.2) is 0 Å². The van der Waals surface area contributed by atoms with Crippen LogP contribution >= 0.6 is 11.6 Å². The fourth-order valence-electron chi connectivity index (χ4n) is 3.24. The summed E-state index contributed by atoms with van der Waals surface area (Å²) >= 11 is 6.21. The van der Waals surface area contributed by atoms with Crippen LogP contribution in [-0.4, -0.2) is 11.5 Å². The standard InChI is InChI=1S/C17H21ClN2/c1-3-19-16-10-15(12-6-4-5-7-12)20-17-11(2)8-13(18)9-14(16)17/h8-10,12H,3-7H2,1-2H3,(H,19,20). The van der Waals surface area contributed by atoms with Crippen LogP contribution in [-0.2, 0) is 0 Å². The highest BCUT2D eigenvalue weighted by atomic mass is 35.5. The van der Waals surface area contributed by atoms with E-state index in [1.54, 1.807) is 0 Å². The van der Waals surface area contributed by atoms with Gasteiger partial charge in [0.1, 0.15) is 0 Å². The number of hydrogen-bond donors (Lipinski definition) is 1. The molecule has 106 valence electrons. The molecule has 1 aliphatic rings. The number of halogens is 1. The first-order valence-corrected chi connectivity index (χ1v) is 7.91. The lowest BCUT2D eigenvalue weighted by Crippen LogP contribution is -2.03. The molecule has 0 atom stereocenters. The van der Waals surface area contributed by atoms with E-state index in [0.29, 0.717) is 5.92 Å². The number of nitrogens with one attached hydrogen (secondary N) is 1. The maximum atomic E-state index is 6.21. The van der Waals surface area contributed by atoms with E-state index in [0.717, 1.165) is 28.0 Å². The Kier molecular flexibility index (Phi) is 3.84. The predicted octanol–water partition coefficient (Wildman–Crippen LogP) is 5.29. The Morgan fingerprint density at radius 3 is 2.70 bits per heavy atom. The first-order valence-electron chi connectivity index (χ1n) is 7.53. The lowest BCUT2D eigenvalue weighted by molar-refractivity contribution is 0.701. The summed E-state index contributed by atoms with van der Waals surface area (Å²) in [7, 11) is 0. The Hall–Kier alpha value is -1.28. The number of pyridine rings is 1. The van der Waals surface area contributed by atoms with Crippen molar-refractivity contribution in [2.75, 3.05) is 11.9 Å². The van der Waals surface area contributed by atoms with Crippen molar-refractivity contribution in [1.82, 2.24) is 4.98 Å². The summed E-state index contributed by atoms with van der Waals surface area (Å²) in [4.78, 5) is 4.94. The van der Waals surface area contributed by atoms with Crippen LogP contribution in [0, 0.1) is 6.92 Å². The molecule has 3 rings (SSSR count). The summed E-state index contributed by atoms with van der Waals surface area (Å²) in [6.07, 6.45) is 5.22. The molecule has 3 heteroatoms. The third kappa shape index (κ3) is 2.49. The molecule has 0 radical (unpaired) electrons. The molecule has 0 spiro atoms. The summed E-state index contributed by atoms with van der Waals surface area (Å²) in [6, 6.07) is 6.26. The number of benzene rings is 1. The van der Waals surface area contributed by atoms with Gasteiger partial charge in [0.05, 0.1) is 5.52 Å². The molecule has 2 nitrogen and oxygen atoms in total. The molecule has 0 aliphatic heterocycles. The molecule has 0 saturated heterocycles. The van der Waals surface area contributed by atoms with Crippen molar-refractivity contribution in [3.05, 3.63) is 34.5 Å². The predicted molar refractivity (Wildman–Crippen MR) is 86.9 cm³/mol. The van der Waals surface area contributed by atoms with Gasteiger partial charge in [-0.3, -0.25) is 4.98 Å². The maximum absolute atomic E-state index is 6.21. The van der Waals surface area contributed by atoms with Gasteiger partial charge in [-0.15, -0.1) is 0 Å². The van der Waals surface area contributed by atoms with E-state index in [9.17, 15) is 0 Å². The number of fused-ring (bicyclic) bond motifs is 1. The average molecular weight is 289 g/mol. The Morgan fingerprint density at radius 2 is 2.00 bits per heavy atom. The monoisotopic (exact) mass is 288 g/mol. The number of aromatic nitrogens is 1. The van der Waals surface area contributed by atoms with Crippen molar-refractivity contribution in [2.24, 2.45) is 0 Å². The van der Waals surface area contributed by atoms with E-state index in [1.807, 2.05) is 12.1 Å². The second kappa shape index (κ2) is 5.61. The molecule has 20 heavy (non-hydrogen) atoms. The third-order valence-corrected chi connectivity index (χ3v) is 4.45. The fourth-order valence-corrected chi connectivity index (χ4v) is 3.52. The number of nitrogens with zero attached hydrogens (tertiary/aromatic N) is 1. The smallest absolute Gasteiger partial charge is 0.0756 e. The molecule has 1 fully saturated rings. The minimum Gasteiger partial charge on any atom is -0.385 e. The van der Waals surface area contributed by atoms with Gasteiger partial charge < -0.3 is 5.32 Å². The molecule has 0 unspecified atom stereocenters. The average Bonchev–Trinajstić information content (AvgIpc) is 2.93. The van der Waals surface area contributed by atoms with Crippen LogP contribution in [0.25, 0.3) is 10.9 Å². The van der Waals surface area contributed by atoms with E-state index >= 15 is 0 Å². The van der Waals surface area contributed by atoms with Crippen LogP contribution < -0.4 is 5.32 Å². The SMILES string of the molecule is CCNc1cc(C2CCCC2)nc2c(C)cc(Cl)cc12. The Balaban J connectivity index is 2.19. The number of aryl methyl sites for hydroxylation is 1. The van der Waals surface area contributed by atoms with Crippen molar-refractivity contribution >= 4 is 28.2 Å². The Labute approximate surface area is 125 Å². The van der Waals surface area contributed by atoms with Crippen molar-refractivity contribution in [1.29, 1.82) is 0 Å². The van der Waals surface area contributed by atoms with Crippen molar-refractivity contribution in [3.63, 3.8) is 0 Å². The molecule has 1 saturated carbocycles. The van der Waals surface area contributed by atoms with E-state index in [2.05, 4.69) is 25.2 Å². The van der Waals surface area contributed by atoms with Gasteiger partial charge in [-0.1, -0.05) is 24.4 Å². The van der Waals surface area contributed by atoms with E-state index in [4.69, 9.17) is 16.6 Å². The van der Waals surface area contributed by atoms with Crippen molar-refractivity contribution in [3.8, 4) is 0 Å². The third-order valence-electron chi connectivity index (χ3n) is 4.23. The van der Waals surface area contributed by atoms with Crippen LogP contribution in [0.4, 0.5) is 5.69 Å². The second-order valence-corrected chi connectivity index (χ2v) is 6.16. The normalized spacial score (nSPS) is 15.9. The van der Waals surface area contributed by atoms with Crippen molar-refractivity contribution < 1.29 is 0 Å². The fraction of sp³-hybridized carbons (Fsp3) is 0.471. The molecule has 0 amide bonds. The van der Waals surface area contributed by atoms with E-state index in [1.165, 1.54) is 37.1 Å². The second-order valence-electron chi connectivity index (χ2n) is 5.73. The largest absolute Gasteiger partial charge is 0.385 e. The zero-order valence-corrected chi connectivity index (χ0v) is 12.9. The summed E-state index contributed by atoms with van der Waals surface area (Å²) in [6.45, 7) is 5.13. The van der Waals surface area contributed by atoms with Crippen LogP contribution in [0.5, 0.6) is 0 Å². The number of hydrogen-bond acceptors (Lipinski definition) is 2. The van der Waals surface area contributed by atoms with Gasteiger partial charge in [0.25, 0.3) is 0 Å². The molecule has 1 heterocycles. The first kappa shape index (κ1) is 13.7. The summed E-state index contributed by atoms with van der Waals surface area (Å²) in [5, 5.41) is 5.39. The van der Waals surface area contributed by atoms with Crippen LogP contribution in [0.3, 0.4) is 0 Å². The molecule has 1 aromatic carbocycles. The summed E-state index contributed by atoms with van der Waals surface area (Å²) in [5.74, 6) is 0.631. The topological polar surface area (TPSA) is 24.9 Å². The van der Waals surface area contributed by atoms with Crippen LogP contribution in [0.15, 0.2) is 18.2 Å². The van der Waals surface area contributed by atoms with Gasteiger partial charge in [0.2, 0.25) is 0 Å². The minimum absolute atomic E-state index is 0.631. The van der Waals surface area contributed by atoms with Crippen LogP contribution in [0.1, 0.15) is 49.8 Å². The molecular formula is C17H21ClN2. The molecule has 1 N–H and O–H groups in total. The van der Waals surface area contributed by atoms with Crippen LogP contribution in [0.2, 0.25) is 5.02 Å². The highest BCUT2D eigenvalue weighted by molar-refractivity contribution is 6.31. The van der Waals surface area contributed by atoms with Gasteiger partial charge >= 0.3 is 0 Å². The number of rotatable bonds is 3. The lowest BCUT2D eigenvalue weighted by atomic mass is 10.00. The molecule has 1 aliphatic carbocycles. The molecule has 0 bridgehead atoms. The van der Waals surface area contributed by atoms with Gasteiger partial charge in [-0.05, 0) is 50.5 Å². The zero-order valence-electron chi connectivity index (χ0n) is 12.2. The highest BCUT2D eigenvalue weighted by Gasteiger charge is 2.20. The first-order chi connectivity index (χ1) is 9.69. The lowest BCUT2D eigenvalue weighted by Gasteiger charge is -2.15. The Bertz CT molecular complexity index is 630. The quantitative estimate of drug-likeness (QED) is 0.830. The minimum atomic E-state index is 0.631. The summed E-state index contributed by atoms with van der Waals surface area (Å²) in [5.41, 5.74) is 4.67. The zero-order chi connectivity index (χ0) is 14.1. The number of anilines is 1. The summed E-state index contributed by atoms with van der Waals surface area (Å²) < 4.78 is 0. The molecule has 1 aromatic heterocycles. The van der Waals surface area contributed by atoms with E-state index < -0.39 is 0 Å². The highest BCUT2D eigenvalue weighted by Crippen LogP contribution is 2.37. The maximum Gasteiger partial charge on any atom is 0.0756 e. The van der Waals surface area contributed by atoms with Gasteiger partial charge in [-0.2, -0.15) is 0 Å².